The Labute approximate surface area is 97.5 Å². The van der Waals surface area contributed by atoms with E-state index in [1.165, 1.54) is 18.2 Å². The number of aliphatic hydroxyl groups is 1. The second kappa shape index (κ2) is 5.09. The molecular weight excluding hydrogens is 232 g/mol. The number of carboxylic acids is 1. The fourth-order valence-corrected chi connectivity index (χ4v) is 1.52. The summed E-state index contributed by atoms with van der Waals surface area (Å²) in [5.41, 5.74) is 0.419. The molecule has 0 bridgehead atoms. The van der Waals surface area contributed by atoms with E-state index >= 15 is 0 Å². The molecule has 1 aromatic carbocycles. The zero-order valence-corrected chi connectivity index (χ0v) is 9.36. The number of hydrogen-bond acceptors (Lipinski definition) is 3. The lowest BCUT2D eigenvalue weighted by atomic mass is 10.0. The van der Waals surface area contributed by atoms with Crippen molar-refractivity contribution >= 4 is 23.4 Å². The molecule has 0 radical (unpaired) electrons. The molecule has 0 aliphatic carbocycles. The largest absolute Gasteiger partial charge is 0.479 e. The summed E-state index contributed by atoms with van der Waals surface area (Å²) in [4.78, 5) is 22.0. The third-order valence-electron chi connectivity index (χ3n) is 2.11. The van der Waals surface area contributed by atoms with Gasteiger partial charge in [-0.05, 0) is 23.8 Å². The molecule has 2 N–H and O–H groups in total. The fourth-order valence-electron chi connectivity index (χ4n) is 1.28. The molecule has 1 rings (SSSR count). The standard InChI is InChI=1S/C11H11ClO4/c1-2-9(13)6-3-7(5-8(12)4-6)10(14)11(15)16/h3-5,10,14H,2H2,1H3,(H,15,16). The maximum Gasteiger partial charge on any atom is 0.337 e. The Balaban J connectivity index is 3.17. The third kappa shape index (κ3) is 2.81. The number of Topliss-reactive ketones (excluding diaryl/α,β-unsaturated/α-hetero) is 1. The van der Waals surface area contributed by atoms with E-state index < -0.39 is 12.1 Å². The molecule has 1 atom stereocenters. The van der Waals surface area contributed by atoms with Gasteiger partial charge in [-0.1, -0.05) is 18.5 Å². The molecule has 0 amide bonds. The summed E-state index contributed by atoms with van der Waals surface area (Å²) < 4.78 is 0. The lowest BCUT2D eigenvalue weighted by Gasteiger charge is -2.08. The molecule has 0 saturated heterocycles. The highest BCUT2D eigenvalue weighted by Gasteiger charge is 2.18. The number of benzene rings is 1. The minimum absolute atomic E-state index is 0.108. The average Bonchev–Trinajstić information content (AvgIpc) is 2.25. The maximum atomic E-state index is 11.4. The summed E-state index contributed by atoms with van der Waals surface area (Å²) in [6.07, 6.45) is -1.37. The normalized spacial score (nSPS) is 12.2. The Morgan fingerprint density at radius 2 is 2.00 bits per heavy atom. The van der Waals surface area contributed by atoms with E-state index in [0.29, 0.717) is 12.0 Å². The van der Waals surface area contributed by atoms with Crippen LogP contribution in [0.15, 0.2) is 18.2 Å². The van der Waals surface area contributed by atoms with Gasteiger partial charge < -0.3 is 10.2 Å². The van der Waals surface area contributed by atoms with Crippen LogP contribution in [0.1, 0.15) is 35.4 Å². The average molecular weight is 243 g/mol. The Morgan fingerprint density at radius 3 is 2.50 bits per heavy atom. The first kappa shape index (κ1) is 12.7. The quantitative estimate of drug-likeness (QED) is 0.793. The first-order valence-electron chi connectivity index (χ1n) is 4.70. The Morgan fingerprint density at radius 1 is 1.38 bits per heavy atom. The van der Waals surface area contributed by atoms with Gasteiger partial charge in [0.25, 0.3) is 0 Å². The summed E-state index contributed by atoms with van der Waals surface area (Å²) in [6.45, 7) is 1.69. The molecule has 1 aromatic rings. The molecule has 86 valence electrons. The minimum atomic E-state index is -1.66. The lowest BCUT2D eigenvalue weighted by Crippen LogP contribution is -2.11. The number of halogens is 1. The van der Waals surface area contributed by atoms with Crippen LogP contribution in [0.25, 0.3) is 0 Å². The number of hydrogen-bond donors (Lipinski definition) is 2. The summed E-state index contributed by atoms with van der Waals surface area (Å²) in [6, 6.07) is 4.12. The van der Waals surface area contributed by atoms with Crippen LogP contribution in [0.4, 0.5) is 0 Å². The minimum Gasteiger partial charge on any atom is -0.479 e. The van der Waals surface area contributed by atoms with E-state index in [0.717, 1.165) is 0 Å². The van der Waals surface area contributed by atoms with E-state index in [1.807, 2.05) is 0 Å². The summed E-state index contributed by atoms with van der Waals surface area (Å²) in [5.74, 6) is -1.53. The number of carboxylic acid groups (broad SMARTS) is 1. The van der Waals surface area contributed by atoms with Crippen LogP contribution in [0.5, 0.6) is 0 Å². The van der Waals surface area contributed by atoms with Gasteiger partial charge in [-0.15, -0.1) is 0 Å². The van der Waals surface area contributed by atoms with E-state index in [-0.39, 0.29) is 16.4 Å². The summed E-state index contributed by atoms with van der Waals surface area (Å²) in [7, 11) is 0. The Bertz CT molecular complexity index is 428. The monoisotopic (exact) mass is 242 g/mol. The second-order valence-electron chi connectivity index (χ2n) is 3.29. The highest BCUT2D eigenvalue weighted by Crippen LogP contribution is 2.21. The Hall–Kier alpha value is -1.39. The smallest absolute Gasteiger partial charge is 0.337 e. The molecule has 16 heavy (non-hydrogen) atoms. The van der Waals surface area contributed by atoms with Gasteiger partial charge >= 0.3 is 5.97 Å². The van der Waals surface area contributed by atoms with Gasteiger partial charge in [0.15, 0.2) is 11.9 Å². The maximum absolute atomic E-state index is 11.4. The molecule has 4 nitrogen and oxygen atoms in total. The lowest BCUT2D eigenvalue weighted by molar-refractivity contribution is -0.146. The molecule has 0 heterocycles. The summed E-state index contributed by atoms with van der Waals surface area (Å²) >= 11 is 5.74. The van der Waals surface area contributed by atoms with Crippen LogP contribution in [0.3, 0.4) is 0 Å². The van der Waals surface area contributed by atoms with E-state index in [1.54, 1.807) is 6.92 Å². The van der Waals surface area contributed by atoms with Crippen molar-refractivity contribution in [2.75, 3.05) is 0 Å². The highest BCUT2D eigenvalue weighted by atomic mass is 35.5. The predicted octanol–water partition coefficient (Wildman–Crippen LogP) is 2.05. The van der Waals surface area contributed by atoms with Crippen LogP contribution in [0.2, 0.25) is 5.02 Å². The van der Waals surface area contributed by atoms with Gasteiger partial charge in [0.1, 0.15) is 0 Å². The number of aliphatic carboxylic acids is 1. The van der Waals surface area contributed by atoms with Crippen LogP contribution in [0, 0.1) is 0 Å². The van der Waals surface area contributed by atoms with Gasteiger partial charge in [-0.25, -0.2) is 4.79 Å². The Kier molecular flexibility index (Phi) is 4.04. The molecule has 0 aromatic heterocycles. The van der Waals surface area contributed by atoms with Crippen molar-refractivity contribution in [3.8, 4) is 0 Å². The number of aliphatic hydroxyl groups excluding tert-OH is 1. The van der Waals surface area contributed by atoms with Crippen molar-refractivity contribution in [1.29, 1.82) is 0 Å². The van der Waals surface area contributed by atoms with Crippen molar-refractivity contribution < 1.29 is 19.8 Å². The predicted molar refractivity (Wildman–Crippen MR) is 58.7 cm³/mol. The van der Waals surface area contributed by atoms with Crippen molar-refractivity contribution in [3.63, 3.8) is 0 Å². The topological polar surface area (TPSA) is 74.6 Å². The number of ketones is 1. The van der Waals surface area contributed by atoms with E-state index in [2.05, 4.69) is 0 Å². The first-order chi connectivity index (χ1) is 7.45. The van der Waals surface area contributed by atoms with Crippen LogP contribution in [-0.4, -0.2) is 22.0 Å². The van der Waals surface area contributed by atoms with Gasteiger partial charge in [0, 0.05) is 17.0 Å². The molecule has 0 fully saturated rings. The number of rotatable bonds is 4. The molecule has 0 aliphatic heterocycles. The van der Waals surface area contributed by atoms with E-state index in [4.69, 9.17) is 16.7 Å². The first-order valence-corrected chi connectivity index (χ1v) is 5.08. The molecule has 0 saturated carbocycles. The zero-order chi connectivity index (χ0) is 12.3. The SMILES string of the molecule is CCC(=O)c1cc(Cl)cc(C(O)C(=O)O)c1. The molecule has 1 unspecified atom stereocenters. The summed E-state index contributed by atoms with van der Waals surface area (Å²) in [5, 5.41) is 18.2. The van der Waals surface area contributed by atoms with Crippen molar-refractivity contribution in [1.82, 2.24) is 0 Å². The van der Waals surface area contributed by atoms with E-state index in [9.17, 15) is 14.7 Å². The van der Waals surface area contributed by atoms with Crippen molar-refractivity contribution in [2.24, 2.45) is 0 Å². The molecule has 5 heteroatoms. The number of carbonyl (C=O) groups is 2. The van der Waals surface area contributed by atoms with Gasteiger partial charge in [-0.3, -0.25) is 4.79 Å². The van der Waals surface area contributed by atoms with Gasteiger partial charge in [0.2, 0.25) is 0 Å². The van der Waals surface area contributed by atoms with Gasteiger partial charge in [0.05, 0.1) is 0 Å². The van der Waals surface area contributed by atoms with Crippen molar-refractivity contribution in [2.45, 2.75) is 19.4 Å². The third-order valence-corrected chi connectivity index (χ3v) is 2.33. The molecule has 0 spiro atoms. The van der Waals surface area contributed by atoms with Crippen molar-refractivity contribution in [3.05, 3.63) is 34.3 Å². The van der Waals surface area contributed by atoms with Crippen LogP contribution >= 0.6 is 11.6 Å². The second-order valence-corrected chi connectivity index (χ2v) is 3.73. The molecular formula is C11H11ClO4. The molecule has 0 aliphatic rings. The van der Waals surface area contributed by atoms with Gasteiger partial charge in [-0.2, -0.15) is 0 Å². The van der Waals surface area contributed by atoms with Crippen LogP contribution < -0.4 is 0 Å². The zero-order valence-electron chi connectivity index (χ0n) is 8.61. The van der Waals surface area contributed by atoms with Crippen LogP contribution in [-0.2, 0) is 4.79 Å². The fraction of sp³-hybridized carbons (Fsp3) is 0.273. The highest BCUT2D eigenvalue weighted by molar-refractivity contribution is 6.31. The number of carbonyl (C=O) groups excluding carboxylic acids is 1.